The number of hydrogen-bond acceptors (Lipinski definition) is 8. The number of anilines is 1. The van der Waals surface area contributed by atoms with E-state index < -0.39 is 29.5 Å². The summed E-state index contributed by atoms with van der Waals surface area (Å²) in [5.74, 6) is -0.695. The summed E-state index contributed by atoms with van der Waals surface area (Å²) in [5, 5.41) is 10.4. The van der Waals surface area contributed by atoms with Gasteiger partial charge in [0.1, 0.15) is 23.6 Å². The van der Waals surface area contributed by atoms with Crippen molar-refractivity contribution >= 4 is 29.4 Å². The average Bonchev–Trinajstić information content (AvgIpc) is 3.31. The molecule has 0 bridgehead atoms. The van der Waals surface area contributed by atoms with Crippen LogP contribution in [-0.2, 0) is 14.3 Å². The van der Waals surface area contributed by atoms with Crippen molar-refractivity contribution in [1.29, 1.82) is 0 Å². The van der Waals surface area contributed by atoms with Gasteiger partial charge in [0.2, 0.25) is 5.91 Å². The molecule has 3 aliphatic rings. The number of aliphatic hydroxyl groups excluding tert-OH is 1. The number of piperazine rings is 1. The molecule has 45 heavy (non-hydrogen) atoms. The number of rotatable bonds is 7. The largest absolute Gasteiger partial charge is 0.444 e. The predicted octanol–water partition coefficient (Wildman–Crippen LogP) is 5.44. The SMILES string of the molecule is COC1CCC(N(C[C@@H](C(=O)N2CCN(c3ncnc4c3[C@H](C)C[C@H]4O)CC2)c2ccc(Cl)c(F)c2)C(=O)OC(C)(C)C)CC1. The van der Waals surface area contributed by atoms with Crippen LogP contribution in [0.5, 0.6) is 0 Å². The minimum absolute atomic E-state index is 0.0304. The Kier molecular flexibility index (Phi) is 10.2. The van der Waals surface area contributed by atoms with E-state index in [2.05, 4.69) is 21.8 Å². The molecular weight excluding hydrogens is 601 g/mol. The standard InChI is InChI=1S/C33H45ClFN5O5/c1-20-16-27(41)29-28(20)30(37-19-36-29)38-12-14-39(15-13-38)31(42)24(21-6-11-25(34)26(35)17-21)18-40(32(43)45-33(2,3)4)22-7-9-23(44-5)10-8-22/h6,11,17,19-20,22-24,27,41H,7-10,12-16,18H2,1-5H3/t20-,22?,23?,24-,27-/m1/s1. The number of nitrogens with zero attached hydrogens (tertiary/aromatic N) is 5. The molecule has 1 N–H and O–H groups in total. The first-order valence-electron chi connectivity index (χ1n) is 15.9. The zero-order valence-corrected chi connectivity index (χ0v) is 27.6. The Morgan fingerprint density at radius 3 is 2.44 bits per heavy atom. The summed E-state index contributed by atoms with van der Waals surface area (Å²) in [6, 6.07) is 4.27. The lowest BCUT2D eigenvalue weighted by molar-refractivity contribution is -0.133. The monoisotopic (exact) mass is 645 g/mol. The maximum atomic E-state index is 14.8. The van der Waals surface area contributed by atoms with Gasteiger partial charge >= 0.3 is 6.09 Å². The minimum atomic E-state index is -0.825. The van der Waals surface area contributed by atoms with E-state index in [0.29, 0.717) is 56.7 Å². The lowest BCUT2D eigenvalue weighted by atomic mass is 9.90. The molecule has 246 valence electrons. The number of carbonyl (C=O) groups is 2. The highest BCUT2D eigenvalue weighted by atomic mass is 35.5. The van der Waals surface area contributed by atoms with E-state index in [9.17, 15) is 19.1 Å². The van der Waals surface area contributed by atoms with Gasteiger partial charge in [0.25, 0.3) is 0 Å². The number of fused-ring (bicyclic) bond motifs is 1. The van der Waals surface area contributed by atoms with E-state index in [4.69, 9.17) is 21.1 Å². The van der Waals surface area contributed by atoms with Gasteiger partial charge < -0.3 is 29.3 Å². The van der Waals surface area contributed by atoms with Crippen LogP contribution in [0.2, 0.25) is 5.02 Å². The molecule has 1 aromatic carbocycles. The van der Waals surface area contributed by atoms with Crippen molar-refractivity contribution in [2.75, 3.05) is 44.7 Å². The molecule has 1 saturated heterocycles. The Bertz CT molecular complexity index is 1370. The Hall–Kier alpha value is -3.02. The second kappa shape index (κ2) is 13.8. The first kappa shape index (κ1) is 33.3. The molecule has 2 aliphatic carbocycles. The van der Waals surface area contributed by atoms with Gasteiger partial charge in [-0.15, -0.1) is 0 Å². The number of aromatic nitrogens is 2. The fourth-order valence-corrected chi connectivity index (χ4v) is 6.97. The van der Waals surface area contributed by atoms with Crippen LogP contribution in [-0.4, -0.2) is 94.5 Å². The zero-order valence-electron chi connectivity index (χ0n) is 26.8. The highest BCUT2D eigenvalue weighted by molar-refractivity contribution is 6.30. The van der Waals surface area contributed by atoms with Gasteiger partial charge in [0.15, 0.2) is 0 Å². The van der Waals surface area contributed by atoms with Crippen LogP contribution in [0.25, 0.3) is 0 Å². The topological polar surface area (TPSA) is 108 Å². The van der Waals surface area contributed by atoms with Crippen molar-refractivity contribution in [2.45, 2.75) is 95.5 Å². The van der Waals surface area contributed by atoms with E-state index in [1.807, 2.05) is 20.8 Å². The van der Waals surface area contributed by atoms with E-state index in [1.54, 1.807) is 23.0 Å². The van der Waals surface area contributed by atoms with Crippen molar-refractivity contribution < 1.29 is 28.6 Å². The summed E-state index contributed by atoms with van der Waals surface area (Å²) >= 11 is 6.03. The molecule has 1 aromatic heterocycles. The van der Waals surface area contributed by atoms with Crippen molar-refractivity contribution in [3.05, 3.63) is 52.2 Å². The van der Waals surface area contributed by atoms with Crippen LogP contribution in [0.3, 0.4) is 0 Å². The Morgan fingerprint density at radius 2 is 1.82 bits per heavy atom. The molecule has 2 heterocycles. The quantitative estimate of drug-likeness (QED) is 0.424. The fourth-order valence-electron chi connectivity index (χ4n) is 6.85. The van der Waals surface area contributed by atoms with Crippen LogP contribution in [0.1, 0.15) is 94.6 Å². The van der Waals surface area contributed by atoms with Gasteiger partial charge in [-0.3, -0.25) is 4.79 Å². The zero-order chi connectivity index (χ0) is 32.5. The first-order chi connectivity index (χ1) is 21.4. The number of hydrogen-bond donors (Lipinski definition) is 1. The smallest absolute Gasteiger partial charge is 0.410 e. The van der Waals surface area contributed by atoms with Crippen LogP contribution in [0, 0.1) is 5.82 Å². The summed E-state index contributed by atoms with van der Waals surface area (Å²) in [6.07, 6.45) is 4.14. The van der Waals surface area contributed by atoms with Crippen LogP contribution in [0.4, 0.5) is 15.0 Å². The van der Waals surface area contributed by atoms with Gasteiger partial charge in [0.05, 0.1) is 28.8 Å². The minimum Gasteiger partial charge on any atom is -0.444 e. The molecule has 2 fully saturated rings. The van der Waals surface area contributed by atoms with Crippen molar-refractivity contribution in [2.24, 2.45) is 0 Å². The van der Waals surface area contributed by atoms with Crippen LogP contribution < -0.4 is 4.90 Å². The number of methoxy groups -OCH3 is 1. The summed E-state index contributed by atoms with van der Waals surface area (Å²) in [7, 11) is 1.70. The summed E-state index contributed by atoms with van der Waals surface area (Å²) in [5.41, 5.74) is 1.38. The van der Waals surface area contributed by atoms with E-state index in [0.717, 1.165) is 24.2 Å². The maximum absolute atomic E-state index is 14.8. The van der Waals surface area contributed by atoms with Gasteiger partial charge in [-0.05, 0) is 76.5 Å². The molecular formula is C33H45ClFN5O5. The summed E-state index contributed by atoms with van der Waals surface area (Å²) in [6.45, 7) is 9.48. The van der Waals surface area contributed by atoms with E-state index in [1.165, 1.54) is 18.5 Å². The Morgan fingerprint density at radius 1 is 1.13 bits per heavy atom. The lowest BCUT2D eigenvalue weighted by Gasteiger charge is -2.41. The molecule has 0 unspecified atom stereocenters. The molecule has 1 aliphatic heterocycles. The maximum Gasteiger partial charge on any atom is 0.410 e. The number of aliphatic hydroxyl groups is 1. The second-order valence-corrected chi connectivity index (χ2v) is 13.9. The highest BCUT2D eigenvalue weighted by Crippen LogP contribution is 2.43. The third-order valence-electron chi connectivity index (χ3n) is 9.24. The molecule has 2 amide bonds. The average molecular weight is 646 g/mol. The number of halogens is 2. The molecule has 2 aromatic rings. The lowest BCUT2D eigenvalue weighted by Crippen LogP contribution is -2.53. The highest BCUT2D eigenvalue weighted by Gasteiger charge is 2.39. The van der Waals surface area contributed by atoms with E-state index in [-0.39, 0.29) is 35.5 Å². The summed E-state index contributed by atoms with van der Waals surface area (Å²) in [4.78, 5) is 42.5. The molecule has 12 heteroatoms. The van der Waals surface area contributed by atoms with Crippen molar-refractivity contribution in [3.63, 3.8) is 0 Å². The second-order valence-electron chi connectivity index (χ2n) is 13.5. The molecule has 3 atom stereocenters. The van der Waals surface area contributed by atoms with Crippen molar-refractivity contribution in [1.82, 2.24) is 19.8 Å². The molecule has 0 radical (unpaired) electrons. The normalized spacial score (nSPS) is 24.3. The third kappa shape index (κ3) is 7.52. The Labute approximate surface area is 269 Å². The summed E-state index contributed by atoms with van der Waals surface area (Å²) < 4.78 is 26.2. The van der Waals surface area contributed by atoms with E-state index >= 15 is 0 Å². The third-order valence-corrected chi connectivity index (χ3v) is 9.55. The van der Waals surface area contributed by atoms with Gasteiger partial charge in [0, 0.05) is 51.4 Å². The predicted molar refractivity (Wildman–Crippen MR) is 169 cm³/mol. The molecule has 10 nitrogen and oxygen atoms in total. The van der Waals surface area contributed by atoms with Crippen molar-refractivity contribution in [3.8, 4) is 0 Å². The first-order valence-corrected chi connectivity index (χ1v) is 16.3. The van der Waals surface area contributed by atoms with Gasteiger partial charge in [-0.1, -0.05) is 24.6 Å². The number of carbonyl (C=O) groups excluding carboxylic acids is 2. The Balaban J connectivity index is 1.39. The van der Waals surface area contributed by atoms with Crippen LogP contribution >= 0.6 is 11.6 Å². The van der Waals surface area contributed by atoms with Crippen LogP contribution in [0.15, 0.2) is 24.5 Å². The number of benzene rings is 1. The molecule has 5 rings (SSSR count). The van der Waals surface area contributed by atoms with Gasteiger partial charge in [-0.25, -0.2) is 19.2 Å². The number of amides is 2. The molecule has 1 saturated carbocycles. The fraction of sp³-hybridized carbons (Fsp3) is 0.636. The molecule has 0 spiro atoms. The van der Waals surface area contributed by atoms with Gasteiger partial charge in [-0.2, -0.15) is 0 Å². The number of ether oxygens (including phenoxy) is 2.